The molecule has 17 heavy (non-hydrogen) atoms. The minimum Gasteiger partial charge on any atom is -0.371 e. The van der Waals surface area contributed by atoms with E-state index in [-0.39, 0.29) is 0 Å². The normalized spacial score (nSPS) is 19.4. The quantitative estimate of drug-likeness (QED) is 0.801. The lowest BCUT2D eigenvalue weighted by Gasteiger charge is -2.32. The van der Waals surface area contributed by atoms with Gasteiger partial charge < -0.3 is 10.4 Å². The molecule has 3 nitrogen and oxygen atoms in total. The van der Waals surface area contributed by atoms with Crippen LogP contribution in [0.4, 0.5) is 5.13 Å². The number of hydrogen-bond acceptors (Lipinski definition) is 4. The predicted octanol–water partition coefficient (Wildman–Crippen LogP) is 3.36. The Kier molecular flexibility index (Phi) is 2.76. The van der Waals surface area contributed by atoms with E-state index in [0.717, 1.165) is 41.0 Å². The van der Waals surface area contributed by atoms with Crippen LogP contribution in [0, 0.1) is 0 Å². The second kappa shape index (κ2) is 4.27. The molecule has 1 saturated carbocycles. The number of nitrogens with one attached hydrogen (secondary N) is 1. The first-order valence-corrected chi connectivity index (χ1v) is 6.93. The summed E-state index contributed by atoms with van der Waals surface area (Å²) in [5.41, 5.74) is 0.256. The fraction of sp³-hybridized carbons (Fsp3) is 0.462. The van der Waals surface area contributed by atoms with Gasteiger partial charge in [0.25, 0.3) is 0 Å². The van der Waals surface area contributed by atoms with Gasteiger partial charge in [-0.1, -0.05) is 29.9 Å². The Labute approximate surface area is 105 Å². The number of hydrogen-bond donors (Lipinski definition) is 2. The van der Waals surface area contributed by atoms with Crippen LogP contribution >= 0.6 is 11.3 Å². The highest BCUT2D eigenvalue weighted by atomic mass is 32.1. The summed E-state index contributed by atoms with van der Waals surface area (Å²) in [4.78, 5) is 4.50. The van der Waals surface area contributed by atoms with E-state index in [1.807, 2.05) is 18.2 Å². The lowest BCUT2D eigenvalue weighted by molar-refractivity contribution is 0.0317. The van der Waals surface area contributed by atoms with Crippen LogP contribution in [0.15, 0.2) is 24.3 Å². The van der Waals surface area contributed by atoms with Gasteiger partial charge in [0.05, 0.1) is 10.2 Å². The van der Waals surface area contributed by atoms with E-state index < -0.39 is 5.72 Å². The number of para-hydroxylation sites is 1. The van der Waals surface area contributed by atoms with Crippen LogP contribution < -0.4 is 5.32 Å². The number of anilines is 1. The highest BCUT2D eigenvalue weighted by molar-refractivity contribution is 7.22. The molecule has 0 spiro atoms. The Morgan fingerprint density at radius 3 is 2.71 bits per heavy atom. The molecule has 3 rings (SSSR count). The first-order valence-electron chi connectivity index (χ1n) is 6.11. The fourth-order valence-corrected chi connectivity index (χ4v) is 3.34. The maximum absolute atomic E-state index is 10.4. The molecule has 0 unspecified atom stereocenters. The lowest BCUT2D eigenvalue weighted by Crippen LogP contribution is -2.39. The van der Waals surface area contributed by atoms with Crippen LogP contribution in [0.2, 0.25) is 0 Å². The number of rotatable bonds is 2. The standard InChI is InChI=1S/C13H16N2OS/c16-13(8-4-1-5-9-13)15-12-14-10-6-2-3-7-11(10)17-12/h2-3,6-7,16H,1,4-5,8-9H2,(H,14,15). The molecule has 1 aromatic heterocycles. The van der Waals surface area contributed by atoms with Crippen LogP contribution in [-0.4, -0.2) is 15.8 Å². The number of fused-ring (bicyclic) bond motifs is 1. The first-order chi connectivity index (χ1) is 8.25. The summed E-state index contributed by atoms with van der Waals surface area (Å²) in [5.74, 6) is 0. The molecular formula is C13H16N2OS. The van der Waals surface area contributed by atoms with Crippen molar-refractivity contribution in [3.05, 3.63) is 24.3 Å². The van der Waals surface area contributed by atoms with Gasteiger partial charge in [-0.05, 0) is 37.8 Å². The zero-order valence-electron chi connectivity index (χ0n) is 9.65. The smallest absolute Gasteiger partial charge is 0.186 e. The largest absolute Gasteiger partial charge is 0.371 e. The molecule has 2 aromatic rings. The average molecular weight is 248 g/mol. The second-order valence-electron chi connectivity index (χ2n) is 4.70. The molecule has 0 saturated heterocycles. The molecule has 1 aliphatic rings. The van der Waals surface area contributed by atoms with Gasteiger partial charge in [0.2, 0.25) is 0 Å². The van der Waals surface area contributed by atoms with Gasteiger partial charge in [0.15, 0.2) is 5.13 Å². The van der Waals surface area contributed by atoms with Crippen molar-refractivity contribution in [2.75, 3.05) is 5.32 Å². The van der Waals surface area contributed by atoms with E-state index in [4.69, 9.17) is 0 Å². The topological polar surface area (TPSA) is 45.1 Å². The maximum atomic E-state index is 10.4. The first kappa shape index (κ1) is 11.0. The number of aromatic nitrogens is 1. The Bertz CT molecular complexity index is 484. The summed E-state index contributed by atoms with van der Waals surface area (Å²) in [6, 6.07) is 8.06. The molecule has 90 valence electrons. The predicted molar refractivity (Wildman–Crippen MR) is 71.3 cm³/mol. The fourth-order valence-electron chi connectivity index (χ4n) is 2.39. The summed E-state index contributed by atoms with van der Waals surface area (Å²) in [5, 5.41) is 14.4. The summed E-state index contributed by atoms with van der Waals surface area (Å²) in [6.45, 7) is 0. The van der Waals surface area contributed by atoms with Crippen LogP contribution in [0.1, 0.15) is 32.1 Å². The average Bonchev–Trinajstić information content (AvgIpc) is 2.71. The van der Waals surface area contributed by atoms with Crippen molar-refractivity contribution >= 4 is 26.7 Å². The van der Waals surface area contributed by atoms with Gasteiger partial charge in [-0.25, -0.2) is 4.98 Å². The SMILES string of the molecule is OC1(Nc2nc3ccccc3s2)CCCCC1. The van der Waals surface area contributed by atoms with Gasteiger partial charge in [-0.3, -0.25) is 0 Å². The number of benzene rings is 1. The van der Waals surface area contributed by atoms with Crippen molar-refractivity contribution in [1.29, 1.82) is 0 Å². The van der Waals surface area contributed by atoms with E-state index in [1.54, 1.807) is 11.3 Å². The Morgan fingerprint density at radius 2 is 1.94 bits per heavy atom. The second-order valence-corrected chi connectivity index (χ2v) is 5.73. The zero-order valence-corrected chi connectivity index (χ0v) is 10.5. The molecule has 1 aliphatic carbocycles. The van der Waals surface area contributed by atoms with Crippen molar-refractivity contribution in [2.24, 2.45) is 0 Å². The van der Waals surface area contributed by atoms with Crippen molar-refractivity contribution < 1.29 is 5.11 Å². The molecule has 0 aliphatic heterocycles. The number of aliphatic hydroxyl groups is 1. The van der Waals surface area contributed by atoms with Crippen molar-refractivity contribution in [3.63, 3.8) is 0 Å². The summed E-state index contributed by atoms with van der Waals surface area (Å²) in [6.07, 6.45) is 5.05. The van der Waals surface area contributed by atoms with Gasteiger partial charge in [0.1, 0.15) is 5.72 Å². The summed E-state index contributed by atoms with van der Waals surface area (Å²) >= 11 is 1.61. The molecule has 1 fully saturated rings. The molecule has 4 heteroatoms. The van der Waals surface area contributed by atoms with E-state index in [0.29, 0.717) is 0 Å². The monoisotopic (exact) mass is 248 g/mol. The van der Waals surface area contributed by atoms with Gasteiger partial charge >= 0.3 is 0 Å². The molecule has 0 radical (unpaired) electrons. The van der Waals surface area contributed by atoms with E-state index >= 15 is 0 Å². The molecule has 1 heterocycles. The highest BCUT2D eigenvalue weighted by Crippen LogP contribution is 2.32. The third kappa shape index (κ3) is 2.28. The zero-order chi connectivity index (χ0) is 11.7. The Balaban J connectivity index is 1.84. The lowest BCUT2D eigenvalue weighted by atomic mass is 9.92. The Hall–Kier alpha value is -1.13. The number of nitrogens with zero attached hydrogens (tertiary/aromatic N) is 1. The Morgan fingerprint density at radius 1 is 1.18 bits per heavy atom. The van der Waals surface area contributed by atoms with Crippen LogP contribution in [0.25, 0.3) is 10.2 Å². The molecular weight excluding hydrogens is 232 g/mol. The molecule has 0 atom stereocenters. The minimum atomic E-state index is -0.744. The minimum absolute atomic E-state index is 0.744. The summed E-state index contributed by atoms with van der Waals surface area (Å²) in [7, 11) is 0. The van der Waals surface area contributed by atoms with Crippen LogP contribution in [-0.2, 0) is 0 Å². The van der Waals surface area contributed by atoms with E-state index in [2.05, 4.69) is 16.4 Å². The van der Waals surface area contributed by atoms with Gasteiger partial charge in [-0.2, -0.15) is 0 Å². The third-order valence-corrected chi connectivity index (χ3v) is 4.27. The maximum Gasteiger partial charge on any atom is 0.186 e. The molecule has 0 bridgehead atoms. The van der Waals surface area contributed by atoms with Crippen LogP contribution in [0.3, 0.4) is 0 Å². The van der Waals surface area contributed by atoms with Gasteiger partial charge in [0, 0.05) is 0 Å². The third-order valence-electron chi connectivity index (χ3n) is 3.31. The summed E-state index contributed by atoms with van der Waals surface area (Å²) < 4.78 is 1.16. The molecule has 0 amide bonds. The van der Waals surface area contributed by atoms with Gasteiger partial charge in [-0.15, -0.1) is 0 Å². The van der Waals surface area contributed by atoms with E-state index in [1.165, 1.54) is 6.42 Å². The van der Waals surface area contributed by atoms with Crippen molar-refractivity contribution in [3.8, 4) is 0 Å². The van der Waals surface area contributed by atoms with E-state index in [9.17, 15) is 5.11 Å². The number of thiazole rings is 1. The van der Waals surface area contributed by atoms with Crippen LogP contribution in [0.5, 0.6) is 0 Å². The van der Waals surface area contributed by atoms with Crippen molar-refractivity contribution in [1.82, 2.24) is 4.98 Å². The molecule has 2 N–H and O–H groups in total. The van der Waals surface area contributed by atoms with Crippen molar-refractivity contribution in [2.45, 2.75) is 37.8 Å². The molecule has 1 aromatic carbocycles. The highest BCUT2D eigenvalue weighted by Gasteiger charge is 2.29.